The van der Waals surface area contributed by atoms with Gasteiger partial charge in [-0.1, -0.05) is 24.3 Å². The molecule has 2 heterocycles. The summed E-state index contributed by atoms with van der Waals surface area (Å²) >= 11 is 0. The topological polar surface area (TPSA) is 66.6 Å². The van der Waals surface area contributed by atoms with E-state index in [-0.39, 0.29) is 11.8 Å². The van der Waals surface area contributed by atoms with E-state index in [9.17, 15) is 9.59 Å². The Morgan fingerprint density at radius 1 is 0.957 bits per heavy atom. The average molecular weight is 307 g/mol. The van der Waals surface area contributed by atoms with Crippen molar-refractivity contribution in [2.45, 2.75) is 13.0 Å². The largest absolute Gasteiger partial charge is 0.398 e. The van der Waals surface area contributed by atoms with Crippen LogP contribution in [0.25, 0.3) is 0 Å². The molecule has 2 aromatic carbocycles. The van der Waals surface area contributed by atoms with Gasteiger partial charge >= 0.3 is 0 Å². The number of amides is 2. The lowest BCUT2D eigenvalue weighted by Gasteiger charge is -2.31. The molecule has 0 saturated heterocycles. The zero-order chi connectivity index (χ0) is 16.0. The van der Waals surface area contributed by atoms with Crippen molar-refractivity contribution in [2.75, 3.05) is 18.9 Å². The predicted molar refractivity (Wildman–Crippen MR) is 86.8 cm³/mol. The van der Waals surface area contributed by atoms with Crippen molar-refractivity contribution in [1.82, 2.24) is 9.80 Å². The molecule has 4 rings (SSSR count). The van der Waals surface area contributed by atoms with Crippen LogP contribution < -0.4 is 5.73 Å². The molecule has 0 spiro atoms. The highest BCUT2D eigenvalue weighted by Gasteiger charge is 2.36. The van der Waals surface area contributed by atoms with Gasteiger partial charge in [-0.05, 0) is 35.7 Å². The van der Waals surface area contributed by atoms with Crippen LogP contribution in [0.2, 0.25) is 0 Å². The van der Waals surface area contributed by atoms with Crippen LogP contribution in [0.15, 0.2) is 42.5 Å². The second kappa shape index (κ2) is 5.21. The number of anilines is 1. The van der Waals surface area contributed by atoms with Crippen LogP contribution in [0, 0.1) is 0 Å². The van der Waals surface area contributed by atoms with Crippen LogP contribution >= 0.6 is 0 Å². The summed E-state index contributed by atoms with van der Waals surface area (Å²) in [5.74, 6) is -0.409. The fraction of sp³-hybridized carbons (Fsp3) is 0.222. The van der Waals surface area contributed by atoms with Crippen LogP contribution in [-0.4, -0.2) is 34.8 Å². The highest BCUT2D eigenvalue weighted by Crippen LogP contribution is 2.26. The normalized spacial score (nSPS) is 17.3. The van der Waals surface area contributed by atoms with Gasteiger partial charge in [0.1, 0.15) is 0 Å². The van der Waals surface area contributed by atoms with E-state index in [4.69, 9.17) is 5.73 Å². The third-order valence-electron chi connectivity index (χ3n) is 4.60. The van der Waals surface area contributed by atoms with E-state index in [1.807, 2.05) is 12.1 Å². The van der Waals surface area contributed by atoms with Gasteiger partial charge < -0.3 is 5.73 Å². The molecule has 0 saturated carbocycles. The standard InChI is InChI=1S/C18H17N3O2/c19-16-7-3-4-12-10-20(9-8-13(12)16)11-21-17(22)14-5-1-2-6-15(14)18(21)23/h1-7H,8-11,19H2. The fourth-order valence-corrected chi connectivity index (χ4v) is 3.39. The van der Waals surface area contributed by atoms with Crippen LogP contribution in [0.1, 0.15) is 31.8 Å². The number of nitrogen functional groups attached to an aromatic ring is 1. The van der Waals surface area contributed by atoms with E-state index in [2.05, 4.69) is 11.0 Å². The van der Waals surface area contributed by atoms with Gasteiger partial charge in [-0.15, -0.1) is 0 Å². The lowest BCUT2D eigenvalue weighted by molar-refractivity contribution is 0.0526. The smallest absolute Gasteiger partial charge is 0.262 e. The van der Waals surface area contributed by atoms with Crippen LogP contribution in [0.3, 0.4) is 0 Å². The van der Waals surface area contributed by atoms with Crippen molar-refractivity contribution in [3.63, 3.8) is 0 Å². The Balaban J connectivity index is 1.54. The Hall–Kier alpha value is -2.66. The zero-order valence-electron chi connectivity index (χ0n) is 12.7. The molecule has 116 valence electrons. The molecule has 0 fully saturated rings. The molecule has 23 heavy (non-hydrogen) atoms. The molecule has 0 unspecified atom stereocenters. The minimum Gasteiger partial charge on any atom is -0.398 e. The number of benzene rings is 2. The third-order valence-corrected chi connectivity index (χ3v) is 4.60. The van der Waals surface area contributed by atoms with Gasteiger partial charge in [0.25, 0.3) is 11.8 Å². The minimum absolute atomic E-state index is 0.205. The molecule has 0 bridgehead atoms. The van der Waals surface area contributed by atoms with Gasteiger partial charge in [0.05, 0.1) is 17.8 Å². The number of hydrogen-bond donors (Lipinski definition) is 1. The van der Waals surface area contributed by atoms with Crippen molar-refractivity contribution in [1.29, 1.82) is 0 Å². The molecule has 2 N–H and O–H groups in total. The predicted octanol–water partition coefficient (Wildman–Crippen LogP) is 1.88. The molecule has 0 aliphatic carbocycles. The number of fused-ring (bicyclic) bond motifs is 2. The highest BCUT2D eigenvalue weighted by atomic mass is 16.2. The maximum Gasteiger partial charge on any atom is 0.262 e. The van der Waals surface area contributed by atoms with Crippen LogP contribution in [-0.2, 0) is 13.0 Å². The van der Waals surface area contributed by atoms with Crippen molar-refractivity contribution in [3.05, 3.63) is 64.7 Å². The Morgan fingerprint density at radius 3 is 2.35 bits per heavy atom. The van der Waals surface area contributed by atoms with Crippen LogP contribution in [0.4, 0.5) is 5.69 Å². The molecule has 2 amide bonds. The van der Waals surface area contributed by atoms with Crippen molar-refractivity contribution < 1.29 is 9.59 Å². The highest BCUT2D eigenvalue weighted by molar-refractivity contribution is 6.21. The lowest BCUT2D eigenvalue weighted by atomic mass is 9.98. The van der Waals surface area contributed by atoms with Gasteiger partial charge in [-0.25, -0.2) is 0 Å². The van der Waals surface area contributed by atoms with Crippen molar-refractivity contribution in [3.8, 4) is 0 Å². The summed E-state index contributed by atoms with van der Waals surface area (Å²) in [7, 11) is 0. The molecule has 2 aromatic rings. The molecule has 0 aromatic heterocycles. The van der Waals surface area contributed by atoms with Gasteiger partial charge in [0, 0.05) is 18.8 Å². The average Bonchev–Trinajstić information content (AvgIpc) is 2.81. The number of rotatable bonds is 2. The molecule has 5 nitrogen and oxygen atoms in total. The fourth-order valence-electron chi connectivity index (χ4n) is 3.39. The second-order valence-corrected chi connectivity index (χ2v) is 6.01. The molecule has 5 heteroatoms. The van der Waals surface area contributed by atoms with Gasteiger partial charge in [0.15, 0.2) is 0 Å². The van der Waals surface area contributed by atoms with Crippen molar-refractivity contribution >= 4 is 17.5 Å². The van der Waals surface area contributed by atoms with Gasteiger partial charge in [0.2, 0.25) is 0 Å². The Bertz CT molecular complexity index is 781. The van der Waals surface area contributed by atoms with E-state index in [1.165, 1.54) is 16.0 Å². The van der Waals surface area contributed by atoms with E-state index in [0.717, 1.165) is 18.7 Å². The molecular weight excluding hydrogens is 290 g/mol. The SMILES string of the molecule is Nc1cccc2c1CCN(CN1C(=O)c3ccccc3C1=O)C2. The van der Waals surface area contributed by atoms with Crippen molar-refractivity contribution in [2.24, 2.45) is 0 Å². The lowest BCUT2D eigenvalue weighted by Crippen LogP contribution is -2.43. The quantitative estimate of drug-likeness (QED) is 0.679. The Morgan fingerprint density at radius 2 is 1.65 bits per heavy atom. The number of hydrogen-bond acceptors (Lipinski definition) is 4. The molecule has 0 radical (unpaired) electrons. The maximum absolute atomic E-state index is 12.4. The zero-order valence-corrected chi connectivity index (χ0v) is 12.7. The number of nitrogens with zero attached hydrogens (tertiary/aromatic N) is 2. The first kappa shape index (κ1) is 14.0. The number of nitrogens with two attached hydrogens (primary N) is 1. The van der Waals surface area contributed by atoms with Crippen LogP contribution in [0.5, 0.6) is 0 Å². The summed E-state index contributed by atoms with van der Waals surface area (Å²) in [4.78, 5) is 28.3. The minimum atomic E-state index is -0.205. The molecule has 0 atom stereocenters. The number of carbonyl (C=O) groups excluding carboxylic acids is 2. The molecule has 2 aliphatic rings. The van der Waals surface area contributed by atoms with E-state index >= 15 is 0 Å². The van der Waals surface area contributed by atoms with E-state index in [1.54, 1.807) is 24.3 Å². The first-order valence-corrected chi connectivity index (χ1v) is 7.69. The Labute approximate surface area is 134 Å². The van der Waals surface area contributed by atoms with E-state index < -0.39 is 0 Å². The molecule has 2 aliphatic heterocycles. The van der Waals surface area contributed by atoms with Gasteiger partial charge in [-0.2, -0.15) is 0 Å². The first-order valence-electron chi connectivity index (χ1n) is 7.69. The number of imide groups is 1. The third kappa shape index (κ3) is 2.21. The first-order chi connectivity index (χ1) is 11.1. The Kier molecular flexibility index (Phi) is 3.16. The summed E-state index contributed by atoms with van der Waals surface area (Å²) in [5.41, 5.74) is 10.2. The summed E-state index contributed by atoms with van der Waals surface area (Å²) in [6.45, 7) is 1.81. The summed E-state index contributed by atoms with van der Waals surface area (Å²) in [6.07, 6.45) is 0.838. The molecular formula is C18H17N3O2. The maximum atomic E-state index is 12.4. The summed E-state index contributed by atoms with van der Waals surface area (Å²) < 4.78 is 0. The summed E-state index contributed by atoms with van der Waals surface area (Å²) in [5, 5.41) is 0. The monoisotopic (exact) mass is 307 g/mol. The summed E-state index contributed by atoms with van der Waals surface area (Å²) in [6, 6.07) is 12.9. The second-order valence-electron chi connectivity index (χ2n) is 6.01. The van der Waals surface area contributed by atoms with E-state index in [0.29, 0.717) is 24.3 Å². The number of carbonyl (C=O) groups is 2. The van der Waals surface area contributed by atoms with Gasteiger partial charge in [-0.3, -0.25) is 19.4 Å².